The highest BCUT2D eigenvalue weighted by Crippen LogP contribution is 2.31. The molecule has 1 fully saturated rings. The molecule has 0 heterocycles. The van der Waals surface area contributed by atoms with Crippen molar-refractivity contribution in [2.45, 2.75) is 38.5 Å². The van der Waals surface area contributed by atoms with Crippen LogP contribution in [-0.4, -0.2) is 11.7 Å². The third kappa shape index (κ3) is 3.34. The highest BCUT2D eigenvalue weighted by Gasteiger charge is 2.19. The molecule has 0 spiro atoms. The normalized spacial score (nSPS) is 18.8. The largest absolute Gasteiger partial charge is 0.396 e. The second-order valence-corrected chi connectivity index (χ2v) is 5.12. The van der Waals surface area contributed by atoms with Gasteiger partial charge in [-0.2, -0.15) is 0 Å². The first-order valence-corrected chi connectivity index (χ1v) is 6.53. The molecule has 1 heteroatoms. The van der Waals surface area contributed by atoms with Gasteiger partial charge >= 0.3 is 0 Å². The lowest BCUT2D eigenvalue weighted by Gasteiger charge is -2.18. The summed E-state index contributed by atoms with van der Waals surface area (Å²) in [6.45, 7) is 0.339. The maximum atomic E-state index is 9.45. The molecule has 0 aliphatic heterocycles. The quantitative estimate of drug-likeness (QED) is 0.803. The number of benzene rings is 1. The van der Waals surface area contributed by atoms with Crippen molar-refractivity contribution in [1.29, 1.82) is 0 Å². The summed E-state index contributed by atoms with van der Waals surface area (Å²) in [4.78, 5) is 0. The zero-order valence-corrected chi connectivity index (χ0v) is 9.94. The number of hydrogen-bond acceptors (Lipinski definition) is 1. The van der Waals surface area contributed by atoms with Crippen molar-refractivity contribution < 1.29 is 5.11 Å². The molecule has 0 radical (unpaired) electrons. The fourth-order valence-electron chi connectivity index (χ4n) is 2.89. The van der Waals surface area contributed by atoms with Crippen LogP contribution in [0.4, 0.5) is 0 Å². The zero-order chi connectivity index (χ0) is 11.2. The molecule has 1 saturated carbocycles. The van der Waals surface area contributed by atoms with Crippen molar-refractivity contribution in [1.82, 2.24) is 0 Å². The smallest absolute Gasteiger partial charge is 0.0462 e. The Morgan fingerprint density at radius 1 is 1.12 bits per heavy atom. The SMILES string of the molecule is OC[C@H](Cc1ccccc1)CC1CCCC1. The number of aliphatic hydroxyl groups is 1. The van der Waals surface area contributed by atoms with Crippen LogP contribution in [-0.2, 0) is 6.42 Å². The van der Waals surface area contributed by atoms with E-state index >= 15 is 0 Å². The molecule has 0 aromatic heterocycles. The molecule has 0 amide bonds. The van der Waals surface area contributed by atoms with Crippen LogP contribution in [0, 0.1) is 11.8 Å². The van der Waals surface area contributed by atoms with Crippen molar-refractivity contribution in [2.24, 2.45) is 11.8 Å². The predicted octanol–water partition coefficient (Wildman–Crippen LogP) is 3.42. The van der Waals surface area contributed by atoms with Gasteiger partial charge in [-0.05, 0) is 30.2 Å². The molecule has 1 nitrogen and oxygen atoms in total. The van der Waals surface area contributed by atoms with Gasteiger partial charge in [-0.3, -0.25) is 0 Å². The van der Waals surface area contributed by atoms with E-state index in [4.69, 9.17) is 0 Å². The van der Waals surface area contributed by atoms with E-state index in [0.29, 0.717) is 12.5 Å². The molecule has 1 N–H and O–H groups in total. The van der Waals surface area contributed by atoms with Crippen molar-refractivity contribution in [3.05, 3.63) is 35.9 Å². The minimum absolute atomic E-state index is 0.339. The summed E-state index contributed by atoms with van der Waals surface area (Å²) in [6.07, 6.45) is 7.80. The van der Waals surface area contributed by atoms with E-state index in [2.05, 4.69) is 30.3 Å². The topological polar surface area (TPSA) is 20.2 Å². The second kappa shape index (κ2) is 6.05. The molecule has 0 unspecified atom stereocenters. The number of aliphatic hydroxyl groups excluding tert-OH is 1. The Bertz CT molecular complexity index is 288. The summed E-state index contributed by atoms with van der Waals surface area (Å²) >= 11 is 0. The van der Waals surface area contributed by atoms with Crippen molar-refractivity contribution in [3.8, 4) is 0 Å². The molecule has 1 atom stereocenters. The second-order valence-electron chi connectivity index (χ2n) is 5.12. The number of rotatable bonds is 5. The van der Waals surface area contributed by atoms with E-state index in [1.165, 1.54) is 37.7 Å². The van der Waals surface area contributed by atoms with Gasteiger partial charge in [0.25, 0.3) is 0 Å². The Morgan fingerprint density at radius 2 is 1.81 bits per heavy atom. The fraction of sp³-hybridized carbons (Fsp3) is 0.600. The van der Waals surface area contributed by atoms with Gasteiger partial charge in [-0.1, -0.05) is 56.0 Å². The van der Waals surface area contributed by atoms with Gasteiger partial charge in [0, 0.05) is 6.61 Å². The minimum Gasteiger partial charge on any atom is -0.396 e. The molecular formula is C15H22O. The molecule has 2 rings (SSSR count). The van der Waals surface area contributed by atoms with Crippen LogP contribution in [0.3, 0.4) is 0 Å². The average molecular weight is 218 g/mol. The number of hydrogen-bond donors (Lipinski definition) is 1. The van der Waals surface area contributed by atoms with Gasteiger partial charge in [0.2, 0.25) is 0 Å². The summed E-state index contributed by atoms with van der Waals surface area (Å²) in [6, 6.07) is 10.5. The van der Waals surface area contributed by atoms with E-state index < -0.39 is 0 Å². The molecule has 1 aliphatic carbocycles. The predicted molar refractivity (Wildman–Crippen MR) is 67.3 cm³/mol. The maximum absolute atomic E-state index is 9.45. The van der Waals surface area contributed by atoms with Gasteiger partial charge in [-0.25, -0.2) is 0 Å². The van der Waals surface area contributed by atoms with E-state index in [9.17, 15) is 5.11 Å². The van der Waals surface area contributed by atoms with Gasteiger partial charge in [0.1, 0.15) is 0 Å². The summed E-state index contributed by atoms with van der Waals surface area (Å²) in [5.74, 6) is 1.34. The lowest BCUT2D eigenvalue weighted by molar-refractivity contribution is 0.200. The van der Waals surface area contributed by atoms with Gasteiger partial charge in [-0.15, -0.1) is 0 Å². The summed E-state index contributed by atoms with van der Waals surface area (Å²) in [7, 11) is 0. The van der Waals surface area contributed by atoms with E-state index in [1.807, 2.05) is 0 Å². The van der Waals surface area contributed by atoms with E-state index in [0.717, 1.165) is 12.3 Å². The standard InChI is InChI=1S/C15H22O/c16-12-15(11-14-8-4-5-9-14)10-13-6-2-1-3-7-13/h1-3,6-7,14-16H,4-5,8-12H2/t15-/m1/s1. The zero-order valence-electron chi connectivity index (χ0n) is 9.94. The summed E-state index contributed by atoms with van der Waals surface area (Å²) in [5.41, 5.74) is 1.36. The molecule has 16 heavy (non-hydrogen) atoms. The molecule has 1 aromatic rings. The Kier molecular flexibility index (Phi) is 4.41. The molecule has 1 aliphatic rings. The lowest BCUT2D eigenvalue weighted by atomic mass is 9.89. The molecule has 1 aromatic carbocycles. The highest BCUT2D eigenvalue weighted by atomic mass is 16.3. The van der Waals surface area contributed by atoms with Crippen LogP contribution < -0.4 is 0 Å². The minimum atomic E-state index is 0.339. The van der Waals surface area contributed by atoms with Gasteiger partial charge < -0.3 is 5.11 Å². The lowest BCUT2D eigenvalue weighted by Crippen LogP contribution is -2.13. The maximum Gasteiger partial charge on any atom is 0.0462 e. The molecule has 0 bridgehead atoms. The van der Waals surface area contributed by atoms with Gasteiger partial charge in [0.15, 0.2) is 0 Å². The van der Waals surface area contributed by atoms with Crippen LogP contribution in [0.15, 0.2) is 30.3 Å². The first-order chi connectivity index (χ1) is 7.88. The van der Waals surface area contributed by atoms with Crippen LogP contribution in [0.25, 0.3) is 0 Å². The fourth-order valence-corrected chi connectivity index (χ4v) is 2.89. The molecule has 88 valence electrons. The van der Waals surface area contributed by atoms with Crippen LogP contribution in [0.1, 0.15) is 37.7 Å². The highest BCUT2D eigenvalue weighted by molar-refractivity contribution is 5.15. The Labute approximate surface area is 98.5 Å². The van der Waals surface area contributed by atoms with E-state index in [-0.39, 0.29) is 0 Å². The Morgan fingerprint density at radius 3 is 2.44 bits per heavy atom. The molecular weight excluding hydrogens is 196 g/mol. The Hall–Kier alpha value is -0.820. The van der Waals surface area contributed by atoms with Crippen molar-refractivity contribution >= 4 is 0 Å². The van der Waals surface area contributed by atoms with E-state index in [1.54, 1.807) is 0 Å². The third-order valence-corrected chi connectivity index (χ3v) is 3.77. The van der Waals surface area contributed by atoms with Crippen LogP contribution >= 0.6 is 0 Å². The monoisotopic (exact) mass is 218 g/mol. The van der Waals surface area contributed by atoms with Crippen molar-refractivity contribution in [2.75, 3.05) is 6.61 Å². The van der Waals surface area contributed by atoms with Crippen molar-refractivity contribution in [3.63, 3.8) is 0 Å². The molecule has 0 saturated heterocycles. The van der Waals surface area contributed by atoms with Crippen LogP contribution in [0.5, 0.6) is 0 Å². The first kappa shape index (κ1) is 11.7. The first-order valence-electron chi connectivity index (χ1n) is 6.53. The average Bonchev–Trinajstić information content (AvgIpc) is 2.82. The van der Waals surface area contributed by atoms with Gasteiger partial charge in [0.05, 0.1) is 0 Å². The summed E-state index contributed by atoms with van der Waals surface area (Å²) < 4.78 is 0. The Balaban J connectivity index is 1.85. The third-order valence-electron chi connectivity index (χ3n) is 3.77. The summed E-state index contributed by atoms with van der Waals surface area (Å²) in [5, 5.41) is 9.45. The van der Waals surface area contributed by atoms with Crippen LogP contribution in [0.2, 0.25) is 0 Å².